The molecule has 0 aliphatic carbocycles. The van der Waals surface area contributed by atoms with Crippen LogP contribution in [0.5, 0.6) is 5.88 Å². The molecule has 2 amide bonds. The molecular weight excluding hydrogens is 284 g/mol. The third kappa shape index (κ3) is 7.09. The van der Waals surface area contributed by atoms with E-state index in [1.54, 1.807) is 6.07 Å². The minimum absolute atomic E-state index is 0.166. The summed E-state index contributed by atoms with van der Waals surface area (Å²) in [5, 5.41) is 5.19. The molecule has 0 aliphatic rings. The minimum atomic E-state index is -2.93. The average molecular weight is 301 g/mol. The van der Waals surface area contributed by atoms with E-state index in [9.17, 15) is 13.6 Å². The molecule has 0 atom stereocenters. The zero-order valence-corrected chi connectivity index (χ0v) is 11.6. The van der Waals surface area contributed by atoms with Crippen LogP contribution in [-0.4, -0.2) is 31.3 Å². The number of aromatic nitrogens is 1. The van der Waals surface area contributed by atoms with Crippen molar-refractivity contribution in [2.75, 3.05) is 13.7 Å². The average Bonchev–Trinajstić information content (AvgIpc) is 2.44. The van der Waals surface area contributed by atoms with Crippen LogP contribution in [0.4, 0.5) is 13.6 Å². The normalized spacial score (nSPS) is 10.1. The van der Waals surface area contributed by atoms with Gasteiger partial charge in [-0.05, 0) is 11.6 Å². The molecule has 1 aromatic rings. The summed E-state index contributed by atoms with van der Waals surface area (Å²) in [6.07, 6.45) is 1.83. The monoisotopic (exact) mass is 301 g/mol. The maximum absolute atomic E-state index is 12.0. The van der Waals surface area contributed by atoms with Crippen molar-refractivity contribution in [3.8, 4) is 5.88 Å². The number of carbonyl (C=O) groups excluding carboxylic acids is 1. The molecule has 21 heavy (non-hydrogen) atoms. The Morgan fingerprint density at radius 1 is 1.48 bits per heavy atom. The van der Waals surface area contributed by atoms with Crippen LogP contribution in [0.1, 0.15) is 12.0 Å². The van der Waals surface area contributed by atoms with Crippen molar-refractivity contribution >= 4 is 6.03 Å². The first-order valence-electron chi connectivity index (χ1n) is 6.14. The van der Waals surface area contributed by atoms with Gasteiger partial charge < -0.3 is 20.1 Å². The van der Waals surface area contributed by atoms with E-state index < -0.39 is 6.61 Å². The molecular formula is C13H17F2N3O3. The Morgan fingerprint density at radius 2 is 2.24 bits per heavy atom. The maximum atomic E-state index is 12.0. The van der Waals surface area contributed by atoms with Crippen LogP contribution in [0.15, 0.2) is 30.7 Å². The molecule has 8 heteroatoms. The second-order valence-electron chi connectivity index (χ2n) is 3.98. The summed E-state index contributed by atoms with van der Waals surface area (Å²) in [4.78, 5) is 15.1. The van der Waals surface area contributed by atoms with Crippen molar-refractivity contribution in [1.29, 1.82) is 0 Å². The van der Waals surface area contributed by atoms with Gasteiger partial charge in [-0.3, -0.25) is 0 Å². The van der Waals surface area contributed by atoms with Gasteiger partial charge in [0.15, 0.2) is 0 Å². The Hall–Kier alpha value is -2.38. The summed E-state index contributed by atoms with van der Waals surface area (Å²) in [6.45, 7) is 1.24. The largest absolute Gasteiger partial charge is 0.502 e. The fraction of sp³-hybridized carbons (Fsp3) is 0.385. The highest BCUT2D eigenvalue weighted by molar-refractivity contribution is 5.73. The number of rotatable bonds is 8. The number of alkyl halides is 2. The molecule has 1 aromatic heterocycles. The van der Waals surface area contributed by atoms with Crippen molar-refractivity contribution in [1.82, 2.24) is 15.6 Å². The molecule has 116 valence electrons. The molecule has 0 unspecified atom stereocenters. The summed E-state index contributed by atoms with van der Waals surface area (Å²) >= 11 is 0. The number of amides is 2. The van der Waals surface area contributed by atoms with E-state index in [0.29, 0.717) is 24.3 Å². The molecule has 0 aromatic carbocycles. The predicted molar refractivity (Wildman–Crippen MR) is 71.9 cm³/mol. The number of hydrogen-bond donors (Lipinski definition) is 2. The number of methoxy groups -OCH3 is 1. The Balaban J connectivity index is 2.34. The first kappa shape index (κ1) is 16.7. The lowest BCUT2D eigenvalue weighted by molar-refractivity contribution is -0.0529. The Bertz CT molecular complexity index is 483. The lowest BCUT2D eigenvalue weighted by Crippen LogP contribution is -2.35. The lowest BCUT2D eigenvalue weighted by Gasteiger charge is -2.09. The first-order valence-corrected chi connectivity index (χ1v) is 6.14. The van der Waals surface area contributed by atoms with Gasteiger partial charge in [-0.2, -0.15) is 8.78 Å². The van der Waals surface area contributed by atoms with Gasteiger partial charge in [-0.15, -0.1) is 0 Å². The van der Waals surface area contributed by atoms with Crippen molar-refractivity contribution in [3.05, 3.63) is 36.2 Å². The summed E-state index contributed by atoms with van der Waals surface area (Å²) in [6, 6.07) is 2.54. The summed E-state index contributed by atoms with van der Waals surface area (Å²) in [5.41, 5.74) is 0.595. The highest BCUT2D eigenvalue weighted by Gasteiger charge is 2.06. The zero-order valence-electron chi connectivity index (χ0n) is 11.6. The number of urea groups is 1. The fourth-order valence-electron chi connectivity index (χ4n) is 1.38. The third-order valence-corrected chi connectivity index (χ3v) is 2.44. The maximum Gasteiger partial charge on any atom is 0.388 e. The molecule has 1 heterocycles. The van der Waals surface area contributed by atoms with E-state index in [2.05, 4.69) is 26.9 Å². The molecule has 2 N–H and O–H groups in total. The molecule has 0 bridgehead atoms. The lowest BCUT2D eigenvalue weighted by atomic mass is 10.2. The summed E-state index contributed by atoms with van der Waals surface area (Å²) < 4.78 is 33.1. The van der Waals surface area contributed by atoms with E-state index >= 15 is 0 Å². The molecule has 0 fully saturated rings. The summed E-state index contributed by atoms with van der Waals surface area (Å²) in [5.74, 6) is 0.374. The quantitative estimate of drug-likeness (QED) is 0.721. The number of carbonyl (C=O) groups is 1. The van der Waals surface area contributed by atoms with E-state index in [1.165, 1.54) is 19.4 Å². The van der Waals surface area contributed by atoms with E-state index in [-0.39, 0.29) is 18.5 Å². The van der Waals surface area contributed by atoms with Crippen molar-refractivity contribution in [2.24, 2.45) is 0 Å². The van der Waals surface area contributed by atoms with Gasteiger partial charge in [0.1, 0.15) is 0 Å². The van der Waals surface area contributed by atoms with Crippen LogP contribution in [-0.2, 0) is 11.3 Å². The molecule has 0 radical (unpaired) electrons. The second kappa shape index (κ2) is 8.72. The van der Waals surface area contributed by atoms with Crippen LogP contribution in [0.3, 0.4) is 0 Å². The van der Waals surface area contributed by atoms with Crippen LogP contribution >= 0.6 is 0 Å². The molecule has 1 rings (SSSR count). The van der Waals surface area contributed by atoms with Gasteiger partial charge in [0, 0.05) is 31.8 Å². The van der Waals surface area contributed by atoms with Gasteiger partial charge in [0.05, 0.1) is 12.9 Å². The molecule has 0 aliphatic heterocycles. The number of halogens is 2. The molecule has 0 saturated heterocycles. The Labute approximate surface area is 121 Å². The Morgan fingerprint density at radius 3 is 2.90 bits per heavy atom. The van der Waals surface area contributed by atoms with E-state index in [1.807, 2.05) is 0 Å². The van der Waals surface area contributed by atoms with Crippen LogP contribution in [0, 0.1) is 0 Å². The molecule has 0 saturated carbocycles. The number of hydrogen-bond acceptors (Lipinski definition) is 4. The SMILES string of the molecule is C=C(CCNC(=O)NCc1ccnc(OC(F)F)c1)OC. The summed E-state index contributed by atoms with van der Waals surface area (Å²) in [7, 11) is 1.50. The van der Waals surface area contributed by atoms with Crippen LogP contribution in [0.2, 0.25) is 0 Å². The van der Waals surface area contributed by atoms with Crippen LogP contribution in [0.25, 0.3) is 0 Å². The topological polar surface area (TPSA) is 72.5 Å². The predicted octanol–water partition coefficient (Wildman–Crippen LogP) is 2.03. The number of nitrogens with one attached hydrogen (secondary N) is 2. The van der Waals surface area contributed by atoms with E-state index in [0.717, 1.165) is 0 Å². The Kier molecular flexibility index (Phi) is 6.93. The smallest absolute Gasteiger partial charge is 0.388 e. The van der Waals surface area contributed by atoms with Gasteiger partial charge in [0.2, 0.25) is 5.88 Å². The van der Waals surface area contributed by atoms with E-state index in [4.69, 9.17) is 4.74 Å². The first-order chi connectivity index (χ1) is 10.0. The molecule has 6 nitrogen and oxygen atoms in total. The van der Waals surface area contributed by atoms with Crippen LogP contribution < -0.4 is 15.4 Å². The number of pyridine rings is 1. The zero-order chi connectivity index (χ0) is 15.7. The van der Waals surface area contributed by atoms with Gasteiger partial charge in [0.25, 0.3) is 0 Å². The standard InChI is InChI=1S/C13H17F2N3O3/c1-9(20-2)3-5-17-13(19)18-8-10-4-6-16-11(7-10)21-12(14)15/h4,6-7,12H,1,3,5,8H2,2H3,(H2,17,18,19). The van der Waals surface area contributed by atoms with Gasteiger partial charge in [-0.1, -0.05) is 6.58 Å². The van der Waals surface area contributed by atoms with Gasteiger partial charge in [-0.25, -0.2) is 9.78 Å². The fourth-order valence-corrected chi connectivity index (χ4v) is 1.38. The van der Waals surface area contributed by atoms with Crippen molar-refractivity contribution in [2.45, 2.75) is 19.6 Å². The highest BCUT2D eigenvalue weighted by atomic mass is 19.3. The second-order valence-corrected chi connectivity index (χ2v) is 3.98. The van der Waals surface area contributed by atoms with Gasteiger partial charge >= 0.3 is 12.6 Å². The number of nitrogens with zero attached hydrogens (tertiary/aromatic N) is 1. The number of ether oxygens (including phenoxy) is 2. The minimum Gasteiger partial charge on any atom is -0.502 e. The third-order valence-electron chi connectivity index (χ3n) is 2.44. The van der Waals surface area contributed by atoms with Crippen molar-refractivity contribution in [3.63, 3.8) is 0 Å². The highest BCUT2D eigenvalue weighted by Crippen LogP contribution is 2.12. The molecule has 0 spiro atoms. The van der Waals surface area contributed by atoms with Crippen molar-refractivity contribution < 1.29 is 23.0 Å².